The molecule has 0 radical (unpaired) electrons. The summed E-state index contributed by atoms with van der Waals surface area (Å²) in [6, 6.07) is 12.7. The van der Waals surface area contributed by atoms with Gasteiger partial charge in [-0.25, -0.2) is 8.42 Å². The number of nitrogens with zero attached hydrogens (tertiary/aromatic N) is 1. The Bertz CT molecular complexity index is 1320. The number of nitrogens with one attached hydrogen (secondary N) is 2. The first-order valence-electron chi connectivity index (χ1n) is 10.4. The van der Waals surface area contributed by atoms with Crippen molar-refractivity contribution in [1.29, 1.82) is 0 Å². The number of aryl methyl sites for hydroxylation is 1. The van der Waals surface area contributed by atoms with Gasteiger partial charge in [-0.3, -0.25) is 9.59 Å². The van der Waals surface area contributed by atoms with Crippen LogP contribution < -0.4 is 10.6 Å². The molecule has 2 amide bonds. The fourth-order valence-electron chi connectivity index (χ4n) is 3.44. The van der Waals surface area contributed by atoms with Crippen molar-refractivity contribution in [2.75, 3.05) is 36.9 Å². The number of thiophene rings is 1. The number of anilines is 2. The molecule has 1 fully saturated rings. The first-order valence-corrected chi connectivity index (χ1v) is 13.1. The van der Waals surface area contributed by atoms with Crippen molar-refractivity contribution in [3.63, 3.8) is 0 Å². The van der Waals surface area contributed by atoms with E-state index in [1.54, 1.807) is 36.6 Å². The molecule has 1 aromatic heterocycles. The van der Waals surface area contributed by atoms with Crippen LogP contribution in [0, 0.1) is 6.92 Å². The van der Waals surface area contributed by atoms with Crippen LogP contribution in [0.3, 0.4) is 0 Å². The second kappa shape index (κ2) is 10.2. The Morgan fingerprint density at radius 3 is 2.50 bits per heavy atom. The van der Waals surface area contributed by atoms with Gasteiger partial charge in [0, 0.05) is 24.3 Å². The molecule has 0 bridgehead atoms. The number of morpholine rings is 1. The monoisotopic (exact) mass is 519 g/mol. The summed E-state index contributed by atoms with van der Waals surface area (Å²) >= 11 is 7.49. The van der Waals surface area contributed by atoms with E-state index >= 15 is 0 Å². The SMILES string of the molecule is Cc1ccc(NC(=O)c2ccc(Cl)c(NC(=O)c3cccs3)c2)cc1S(=O)(=O)N1CCOCC1. The maximum absolute atomic E-state index is 13.1. The molecule has 1 saturated heterocycles. The summed E-state index contributed by atoms with van der Waals surface area (Å²) in [4.78, 5) is 25.9. The van der Waals surface area contributed by atoms with E-state index in [1.165, 1.54) is 39.9 Å². The van der Waals surface area contributed by atoms with Gasteiger partial charge in [0.1, 0.15) is 0 Å². The predicted octanol–water partition coefficient (Wildman–Crippen LogP) is 4.24. The summed E-state index contributed by atoms with van der Waals surface area (Å²) in [6.07, 6.45) is 0. The molecular formula is C23H22ClN3O5S2. The molecule has 34 heavy (non-hydrogen) atoms. The van der Waals surface area contributed by atoms with E-state index in [-0.39, 0.29) is 34.5 Å². The molecule has 2 N–H and O–H groups in total. The van der Waals surface area contributed by atoms with Crippen molar-refractivity contribution >= 4 is 56.2 Å². The summed E-state index contributed by atoms with van der Waals surface area (Å²) < 4.78 is 32.8. The maximum Gasteiger partial charge on any atom is 0.265 e. The minimum absolute atomic E-state index is 0.132. The fourth-order valence-corrected chi connectivity index (χ4v) is 5.88. The normalized spacial score (nSPS) is 14.5. The highest BCUT2D eigenvalue weighted by Gasteiger charge is 2.28. The highest BCUT2D eigenvalue weighted by molar-refractivity contribution is 7.89. The molecular weight excluding hydrogens is 498 g/mol. The summed E-state index contributed by atoms with van der Waals surface area (Å²) in [5.74, 6) is -0.798. The third kappa shape index (κ3) is 5.31. The highest BCUT2D eigenvalue weighted by Crippen LogP contribution is 2.27. The Kier molecular flexibility index (Phi) is 7.34. The molecule has 4 rings (SSSR count). The number of carbonyl (C=O) groups excluding carboxylic acids is 2. The van der Waals surface area contributed by atoms with Crippen LogP contribution in [0.15, 0.2) is 58.8 Å². The Balaban J connectivity index is 1.54. The third-order valence-corrected chi connectivity index (χ3v) is 8.49. The molecule has 8 nitrogen and oxygen atoms in total. The first kappa shape index (κ1) is 24.4. The number of sulfonamides is 1. The fraction of sp³-hybridized carbons (Fsp3) is 0.217. The number of halogens is 1. The molecule has 0 unspecified atom stereocenters. The Morgan fingerprint density at radius 1 is 1.03 bits per heavy atom. The van der Waals surface area contributed by atoms with Crippen LogP contribution in [-0.4, -0.2) is 50.8 Å². The zero-order valence-corrected chi connectivity index (χ0v) is 20.6. The summed E-state index contributed by atoms with van der Waals surface area (Å²) in [5.41, 5.74) is 1.47. The van der Waals surface area contributed by atoms with E-state index in [0.717, 1.165) is 0 Å². The minimum atomic E-state index is -3.72. The zero-order chi connectivity index (χ0) is 24.3. The molecule has 11 heteroatoms. The van der Waals surface area contributed by atoms with Gasteiger partial charge in [-0.2, -0.15) is 4.31 Å². The lowest BCUT2D eigenvalue weighted by Crippen LogP contribution is -2.40. The standard InChI is InChI=1S/C23H22ClN3O5S2/c1-15-4-6-17(14-21(15)34(30,31)27-8-10-32-11-9-27)25-22(28)16-5-7-18(24)19(13-16)26-23(29)20-3-2-12-33-20/h2-7,12-14H,8-11H2,1H3,(H,25,28)(H,26,29). The van der Waals surface area contributed by atoms with E-state index in [0.29, 0.717) is 35.0 Å². The van der Waals surface area contributed by atoms with Crippen molar-refractivity contribution in [3.05, 3.63) is 74.9 Å². The van der Waals surface area contributed by atoms with Crippen LogP contribution in [0.5, 0.6) is 0 Å². The third-order valence-electron chi connectivity index (χ3n) is 5.26. The topological polar surface area (TPSA) is 105 Å². The molecule has 1 aliphatic rings. The Labute approximate surface area is 206 Å². The molecule has 178 valence electrons. The maximum atomic E-state index is 13.1. The summed E-state index contributed by atoms with van der Waals surface area (Å²) in [5, 5.41) is 7.51. The Morgan fingerprint density at radius 2 is 1.79 bits per heavy atom. The smallest absolute Gasteiger partial charge is 0.265 e. The van der Waals surface area contributed by atoms with Gasteiger partial charge in [0.2, 0.25) is 10.0 Å². The van der Waals surface area contributed by atoms with Gasteiger partial charge in [-0.05, 0) is 54.3 Å². The predicted molar refractivity (Wildman–Crippen MR) is 132 cm³/mol. The highest BCUT2D eigenvalue weighted by atomic mass is 35.5. The lowest BCUT2D eigenvalue weighted by atomic mass is 10.1. The molecule has 0 spiro atoms. The summed E-state index contributed by atoms with van der Waals surface area (Å²) in [6.45, 7) is 2.96. The number of hydrogen-bond acceptors (Lipinski definition) is 6. The number of amides is 2. The number of hydrogen-bond donors (Lipinski definition) is 2. The van der Waals surface area contributed by atoms with Crippen molar-refractivity contribution in [2.24, 2.45) is 0 Å². The molecule has 1 aliphatic heterocycles. The van der Waals surface area contributed by atoms with Gasteiger partial charge in [0.25, 0.3) is 11.8 Å². The second-order valence-electron chi connectivity index (χ2n) is 7.58. The average molecular weight is 520 g/mol. The van der Waals surface area contributed by atoms with Gasteiger partial charge >= 0.3 is 0 Å². The van der Waals surface area contributed by atoms with E-state index < -0.39 is 15.9 Å². The van der Waals surface area contributed by atoms with Gasteiger partial charge in [0.15, 0.2) is 0 Å². The van der Waals surface area contributed by atoms with E-state index in [2.05, 4.69) is 10.6 Å². The van der Waals surface area contributed by atoms with E-state index in [4.69, 9.17) is 16.3 Å². The van der Waals surface area contributed by atoms with Gasteiger partial charge in [-0.1, -0.05) is 23.7 Å². The van der Waals surface area contributed by atoms with E-state index in [1.807, 2.05) is 0 Å². The quantitative estimate of drug-likeness (QED) is 0.507. The Hall–Kier alpha value is -2.76. The lowest BCUT2D eigenvalue weighted by molar-refractivity contribution is 0.0730. The summed E-state index contributed by atoms with van der Waals surface area (Å²) in [7, 11) is -3.72. The minimum Gasteiger partial charge on any atom is -0.379 e. The molecule has 0 saturated carbocycles. The van der Waals surface area contributed by atoms with Crippen LogP contribution in [0.25, 0.3) is 0 Å². The number of benzene rings is 2. The zero-order valence-electron chi connectivity index (χ0n) is 18.2. The van der Waals surface area contributed by atoms with Crippen LogP contribution in [-0.2, 0) is 14.8 Å². The number of ether oxygens (including phenoxy) is 1. The van der Waals surface area contributed by atoms with Crippen molar-refractivity contribution < 1.29 is 22.7 Å². The number of carbonyl (C=O) groups is 2. The molecule has 0 aliphatic carbocycles. The first-order chi connectivity index (χ1) is 16.3. The molecule has 0 atom stereocenters. The lowest BCUT2D eigenvalue weighted by Gasteiger charge is -2.26. The number of rotatable bonds is 6. The van der Waals surface area contributed by atoms with Crippen molar-refractivity contribution in [3.8, 4) is 0 Å². The van der Waals surface area contributed by atoms with Crippen LogP contribution >= 0.6 is 22.9 Å². The van der Waals surface area contributed by atoms with Crippen LogP contribution in [0.2, 0.25) is 5.02 Å². The van der Waals surface area contributed by atoms with Gasteiger partial charge in [0.05, 0.1) is 33.7 Å². The largest absolute Gasteiger partial charge is 0.379 e. The average Bonchev–Trinajstić information content (AvgIpc) is 3.37. The van der Waals surface area contributed by atoms with Gasteiger partial charge in [-0.15, -0.1) is 11.3 Å². The molecule has 2 heterocycles. The van der Waals surface area contributed by atoms with Crippen molar-refractivity contribution in [2.45, 2.75) is 11.8 Å². The van der Waals surface area contributed by atoms with E-state index in [9.17, 15) is 18.0 Å². The van der Waals surface area contributed by atoms with Crippen LogP contribution in [0.4, 0.5) is 11.4 Å². The van der Waals surface area contributed by atoms with Gasteiger partial charge < -0.3 is 15.4 Å². The van der Waals surface area contributed by atoms with Crippen LogP contribution in [0.1, 0.15) is 25.6 Å². The molecule has 2 aromatic carbocycles. The molecule has 3 aromatic rings. The van der Waals surface area contributed by atoms with Crippen molar-refractivity contribution in [1.82, 2.24) is 4.31 Å². The second-order valence-corrected chi connectivity index (χ2v) is 10.8.